The number of carbonyl (C=O) groups is 2. The SMILES string of the molecule is NC(=O)N(OC(=O)[C@@H]1CCCN1)S(=O)[O-]. The molecule has 0 aromatic rings. The summed E-state index contributed by atoms with van der Waals surface area (Å²) in [4.78, 5) is 26.1. The molecule has 0 saturated carbocycles. The van der Waals surface area contributed by atoms with E-state index in [1.54, 1.807) is 0 Å². The average Bonchev–Trinajstić information content (AvgIpc) is 2.65. The van der Waals surface area contributed by atoms with Crippen molar-refractivity contribution in [1.29, 1.82) is 0 Å². The van der Waals surface area contributed by atoms with Gasteiger partial charge in [-0.05, 0) is 19.4 Å². The molecule has 0 bridgehead atoms. The first-order valence-electron chi connectivity index (χ1n) is 4.16. The number of carbonyl (C=O) groups excluding carboxylic acids is 2. The number of nitrogens with zero attached hydrogens (tertiary/aromatic N) is 1. The highest BCUT2D eigenvalue weighted by Gasteiger charge is 2.27. The second-order valence-corrected chi connectivity index (χ2v) is 3.64. The molecule has 1 saturated heterocycles. The fourth-order valence-electron chi connectivity index (χ4n) is 1.18. The van der Waals surface area contributed by atoms with E-state index in [1.165, 1.54) is 0 Å². The van der Waals surface area contributed by atoms with E-state index in [0.29, 0.717) is 13.0 Å². The van der Waals surface area contributed by atoms with E-state index in [0.717, 1.165) is 6.42 Å². The number of nitrogens with one attached hydrogen (secondary N) is 1. The highest BCUT2D eigenvalue weighted by Crippen LogP contribution is 2.08. The van der Waals surface area contributed by atoms with E-state index in [1.807, 2.05) is 0 Å². The van der Waals surface area contributed by atoms with Crippen LogP contribution in [0.25, 0.3) is 0 Å². The van der Waals surface area contributed by atoms with Gasteiger partial charge in [0.15, 0.2) is 0 Å². The molecule has 2 atom stereocenters. The van der Waals surface area contributed by atoms with Gasteiger partial charge in [-0.15, -0.1) is 0 Å². The number of urea groups is 1. The number of primary amides is 1. The predicted octanol–water partition coefficient (Wildman–Crippen LogP) is -1.63. The lowest BCUT2D eigenvalue weighted by Crippen LogP contribution is -2.43. The number of hydrogen-bond donors (Lipinski definition) is 2. The van der Waals surface area contributed by atoms with Crippen LogP contribution in [0.5, 0.6) is 0 Å². The van der Waals surface area contributed by atoms with Gasteiger partial charge in [0.2, 0.25) is 0 Å². The van der Waals surface area contributed by atoms with Crippen LogP contribution in [-0.4, -0.2) is 37.8 Å². The fraction of sp³-hybridized carbons (Fsp3) is 0.667. The van der Waals surface area contributed by atoms with Gasteiger partial charge in [-0.25, -0.2) is 13.8 Å². The Kier molecular flexibility index (Phi) is 4.00. The molecule has 0 aromatic carbocycles. The first-order chi connectivity index (χ1) is 7.02. The third kappa shape index (κ3) is 3.15. The van der Waals surface area contributed by atoms with Crippen LogP contribution in [-0.2, 0) is 20.9 Å². The van der Waals surface area contributed by atoms with Crippen molar-refractivity contribution in [3.8, 4) is 0 Å². The normalized spacial score (nSPS) is 22.1. The quantitative estimate of drug-likeness (QED) is 0.438. The molecule has 1 rings (SSSR count). The summed E-state index contributed by atoms with van der Waals surface area (Å²) < 4.78 is 20.6. The van der Waals surface area contributed by atoms with Crippen LogP contribution in [0.1, 0.15) is 12.8 Å². The summed E-state index contributed by atoms with van der Waals surface area (Å²) in [5.41, 5.74) is 4.68. The van der Waals surface area contributed by atoms with E-state index in [4.69, 9.17) is 0 Å². The summed E-state index contributed by atoms with van der Waals surface area (Å²) in [7, 11) is 0. The Labute approximate surface area is 88.1 Å². The third-order valence-electron chi connectivity index (χ3n) is 1.83. The number of hydrogen-bond acceptors (Lipinski definition) is 6. The summed E-state index contributed by atoms with van der Waals surface area (Å²) in [6, 6.07) is -1.95. The topological polar surface area (TPSA) is 125 Å². The minimum absolute atomic E-state index is 0.192. The Morgan fingerprint density at radius 2 is 2.27 bits per heavy atom. The molecule has 0 spiro atoms. The second kappa shape index (κ2) is 5.05. The van der Waals surface area contributed by atoms with Gasteiger partial charge >= 0.3 is 12.0 Å². The van der Waals surface area contributed by atoms with E-state index in [-0.39, 0.29) is 4.47 Å². The van der Waals surface area contributed by atoms with Gasteiger partial charge in [0, 0.05) is 0 Å². The van der Waals surface area contributed by atoms with E-state index in [9.17, 15) is 18.4 Å². The predicted molar refractivity (Wildman–Crippen MR) is 47.5 cm³/mol. The van der Waals surface area contributed by atoms with Gasteiger partial charge in [-0.1, -0.05) is 4.47 Å². The molecule has 9 heteroatoms. The third-order valence-corrected chi connectivity index (χ3v) is 2.36. The molecule has 0 radical (unpaired) electrons. The Balaban J connectivity index is 2.54. The van der Waals surface area contributed by atoms with Crippen molar-refractivity contribution in [2.24, 2.45) is 5.73 Å². The summed E-state index contributed by atoms with van der Waals surface area (Å²) >= 11 is -3.02. The van der Waals surface area contributed by atoms with Crippen molar-refractivity contribution < 1.29 is 23.2 Å². The minimum Gasteiger partial charge on any atom is -0.753 e. The average molecular weight is 236 g/mol. The molecular formula is C6H10N3O5S-. The van der Waals surface area contributed by atoms with Crippen LogP contribution in [0.2, 0.25) is 0 Å². The lowest BCUT2D eigenvalue weighted by atomic mass is 10.2. The molecule has 2 amide bonds. The summed E-state index contributed by atoms with van der Waals surface area (Å²) in [6.45, 7) is 0.650. The Bertz CT molecular complexity index is 276. The zero-order valence-corrected chi connectivity index (χ0v) is 8.49. The smallest absolute Gasteiger partial charge is 0.360 e. The van der Waals surface area contributed by atoms with Gasteiger partial charge in [-0.2, -0.15) is 0 Å². The van der Waals surface area contributed by atoms with Crippen LogP contribution in [0, 0.1) is 0 Å². The van der Waals surface area contributed by atoms with Crippen molar-refractivity contribution in [3.63, 3.8) is 0 Å². The van der Waals surface area contributed by atoms with Crippen LogP contribution >= 0.6 is 0 Å². The molecule has 1 fully saturated rings. The van der Waals surface area contributed by atoms with Crippen molar-refractivity contribution in [2.75, 3.05) is 6.54 Å². The van der Waals surface area contributed by atoms with E-state index >= 15 is 0 Å². The molecule has 86 valence electrons. The molecule has 0 aliphatic carbocycles. The largest absolute Gasteiger partial charge is 0.753 e. The highest BCUT2D eigenvalue weighted by molar-refractivity contribution is 7.77. The number of hydroxylamine groups is 1. The minimum atomic E-state index is -3.02. The zero-order chi connectivity index (χ0) is 11.4. The Hall–Kier alpha value is -1.19. The molecule has 15 heavy (non-hydrogen) atoms. The van der Waals surface area contributed by atoms with Crippen molar-refractivity contribution in [1.82, 2.24) is 9.79 Å². The first kappa shape index (κ1) is 11.9. The number of rotatable bonds is 2. The van der Waals surface area contributed by atoms with Gasteiger partial charge in [0.25, 0.3) is 0 Å². The lowest BCUT2D eigenvalue weighted by molar-refractivity contribution is -0.164. The summed E-state index contributed by atoms with van der Waals surface area (Å²) in [5, 5.41) is 2.79. The molecule has 8 nitrogen and oxygen atoms in total. The Morgan fingerprint density at radius 3 is 2.67 bits per heavy atom. The monoisotopic (exact) mass is 236 g/mol. The van der Waals surface area contributed by atoms with Gasteiger partial charge in [-0.3, -0.25) is 0 Å². The summed E-state index contributed by atoms with van der Waals surface area (Å²) in [5.74, 6) is -0.838. The lowest BCUT2D eigenvalue weighted by Gasteiger charge is -2.21. The highest BCUT2D eigenvalue weighted by atomic mass is 32.2. The molecule has 1 unspecified atom stereocenters. The first-order valence-corrected chi connectivity index (χ1v) is 5.19. The van der Waals surface area contributed by atoms with Gasteiger partial charge in [0.1, 0.15) is 6.04 Å². The van der Waals surface area contributed by atoms with Crippen LogP contribution in [0.15, 0.2) is 0 Å². The Morgan fingerprint density at radius 1 is 1.60 bits per heavy atom. The van der Waals surface area contributed by atoms with Gasteiger partial charge in [0.05, 0.1) is 11.3 Å². The number of nitrogens with two attached hydrogens (primary N) is 1. The molecule has 1 heterocycles. The van der Waals surface area contributed by atoms with E-state index < -0.39 is 29.3 Å². The van der Waals surface area contributed by atoms with Crippen LogP contribution < -0.4 is 11.1 Å². The zero-order valence-electron chi connectivity index (χ0n) is 7.67. The van der Waals surface area contributed by atoms with Crippen molar-refractivity contribution in [2.45, 2.75) is 18.9 Å². The van der Waals surface area contributed by atoms with E-state index in [2.05, 4.69) is 15.9 Å². The summed E-state index contributed by atoms with van der Waals surface area (Å²) in [6.07, 6.45) is 1.33. The van der Waals surface area contributed by atoms with Crippen LogP contribution in [0.4, 0.5) is 4.79 Å². The maximum atomic E-state index is 11.3. The maximum absolute atomic E-state index is 11.3. The fourth-order valence-corrected chi connectivity index (χ4v) is 1.46. The van der Waals surface area contributed by atoms with Gasteiger partial charge < -0.3 is 20.4 Å². The maximum Gasteiger partial charge on any atom is 0.360 e. The standard InChI is InChI=1S/C6H11N3O5S/c7-6(11)9(15(12)13)14-5(10)4-2-1-3-8-4/h4,8H,1-3H2,(H2,7,11)(H,12,13)/p-1/t4-/m0/s1. The number of amides is 2. The second-order valence-electron chi connectivity index (χ2n) is 2.87. The van der Waals surface area contributed by atoms with Crippen molar-refractivity contribution >= 4 is 23.3 Å². The molecular weight excluding hydrogens is 226 g/mol. The molecule has 1 aliphatic rings. The van der Waals surface area contributed by atoms with Crippen LogP contribution in [0.3, 0.4) is 0 Å². The van der Waals surface area contributed by atoms with Crippen molar-refractivity contribution in [3.05, 3.63) is 0 Å². The molecule has 0 aromatic heterocycles. The molecule has 1 aliphatic heterocycles. The molecule has 3 N–H and O–H groups in total.